The number of nitrogens with zero attached hydrogens (tertiary/aromatic N) is 3. The number of non-ortho nitro benzene ring substituents is 1. The highest BCUT2D eigenvalue weighted by Gasteiger charge is 2.09. The molecule has 1 aromatic carbocycles. The van der Waals surface area contributed by atoms with E-state index in [0.29, 0.717) is 15.9 Å². The molecule has 1 aromatic heterocycles. The predicted octanol–water partition coefficient (Wildman–Crippen LogP) is 2.20. The van der Waals surface area contributed by atoms with Crippen molar-refractivity contribution in [2.75, 3.05) is 11.2 Å². The van der Waals surface area contributed by atoms with E-state index in [2.05, 4.69) is 15.5 Å². The molecule has 110 valence electrons. The van der Waals surface area contributed by atoms with Gasteiger partial charge in [0.2, 0.25) is 11.0 Å². The van der Waals surface area contributed by atoms with Crippen LogP contribution in [0.5, 0.6) is 5.75 Å². The van der Waals surface area contributed by atoms with Crippen molar-refractivity contribution >= 4 is 39.7 Å². The van der Waals surface area contributed by atoms with Gasteiger partial charge in [0.05, 0.1) is 11.0 Å². The summed E-state index contributed by atoms with van der Waals surface area (Å²) in [6, 6.07) is 5.82. The first-order valence-corrected chi connectivity index (χ1v) is 6.99. The maximum atomic E-state index is 11.1. The van der Waals surface area contributed by atoms with Gasteiger partial charge in [0.25, 0.3) is 5.69 Å². The van der Waals surface area contributed by atoms with Gasteiger partial charge in [0, 0.05) is 6.07 Å². The number of nitro groups is 1. The van der Waals surface area contributed by atoms with Gasteiger partial charge in [-0.15, -0.1) is 21.8 Å². The summed E-state index contributed by atoms with van der Waals surface area (Å²) in [7, 11) is 0. The summed E-state index contributed by atoms with van der Waals surface area (Å²) in [4.78, 5) is 21.2. The second-order valence-corrected chi connectivity index (χ2v) is 5.06. The monoisotopic (exact) mass is 328 g/mol. The first-order chi connectivity index (χ1) is 10.1. The van der Waals surface area contributed by atoms with Gasteiger partial charge in [-0.3, -0.25) is 20.2 Å². The second kappa shape index (κ2) is 6.95. The minimum Gasteiger partial charge on any atom is -0.486 e. The van der Waals surface area contributed by atoms with Crippen LogP contribution in [0.3, 0.4) is 0 Å². The first-order valence-electron chi connectivity index (χ1n) is 5.64. The van der Waals surface area contributed by atoms with Crippen molar-refractivity contribution in [3.63, 3.8) is 0 Å². The summed E-state index contributed by atoms with van der Waals surface area (Å²) in [5, 5.41) is 21.5. The van der Waals surface area contributed by atoms with E-state index < -0.39 is 4.92 Å². The molecule has 0 aliphatic carbocycles. The Balaban J connectivity index is 1.95. The highest BCUT2D eigenvalue weighted by Crippen LogP contribution is 2.21. The number of nitro benzene ring substituents is 1. The Morgan fingerprint density at radius 2 is 2.29 bits per heavy atom. The molecule has 1 amide bonds. The number of carbonyl (C=O) groups excluding carboxylic acids is 1. The summed E-state index contributed by atoms with van der Waals surface area (Å²) in [5.74, 6) is -0.191. The number of alkyl halides is 1. The van der Waals surface area contributed by atoms with Crippen LogP contribution in [0.4, 0.5) is 10.8 Å². The standard InChI is InChI=1S/C11H9ClN4O4S/c12-5-9(17)13-11-15-14-10(21-11)6-20-8-3-1-2-7(4-8)16(18)19/h1-4H,5-6H2,(H,13,15,17). The topological polar surface area (TPSA) is 107 Å². The number of nitrogens with one attached hydrogen (secondary N) is 1. The Morgan fingerprint density at radius 3 is 3.00 bits per heavy atom. The average Bonchev–Trinajstić information content (AvgIpc) is 2.92. The number of halogens is 1. The van der Waals surface area contributed by atoms with E-state index in [-0.39, 0.29) is 24.1 Å². The van der Waals surface area contributed by atoms with Crippen LogP contribution >= 0.6 is 22.9 Å². The Kier molecular flexibility index (Phi) is 5.01. The number of hydrogen-bond donors (Lipinski definition) is 1. The van der Waals surface area contributed by atoms with Gasteiger partial charge in [-0.1, -0.05) is 17.4 Å². The van der Waals surface area contributed by atoms with Crippen LogP contribution in [0, 0.1) is 10.1 Å². The zero-order valence-corrected chi connectivity index (χ0v) is 12.1. The molecule has 0 bridgehead atoms. The number of ether oxygens (including phenoxy) is 1. The van der Waals surface area contributed by atoms with Gasteiger partial charge in [-0.25, -0.2) is 0 Å². The third-order valence-electron chi connectivity index (χ3n) is 2.23. The summed E-state index contributed by atoms with van der Waals surface area (Å²) in [6.07, 6.45) is 0. The molecule has 0 fully saturated rings. The van der Waals surface area contributed by atoms with Crippen molar-refractivity contribution < 1.29 is 14.5 Å². The van der Waals surface area contributed by atoms with E-state index in [0.717, 1.165) is 11.3 Å². The molecule has 0 spiro atoms. The van der Waals surface area contributed by atoms with E-state index >= 15 is 0 Å². The maximum Gasteiger partial charge on any atom is 0.273 e. The lowest BCUT2D eigenvalue weighted by Gasteiger charge is -2.02. The predicted molar refractivity (Wildman–Crippen MR) is 76.7 cm³/mol. The number of hydrogen-bond acceptors (Lipinski definition) is 7. The Bertz CT molecular complexity index is 663. The Hall–Kier alpha value is -2.26. The van der Waals surface area contributed by atoms with E-state index in [1.165, 1.54) is 18.2 Å². The molecule has 0 aliphatic heterocycles. The lowest BCUT2D eigenvalue weighted by molar-refractivity contribution is -0.384. The molecule has 0 atom stereocenters. The average molecular weight is 329 g/mol. The Morgan fingerprint density at radius 1 is 1.48 bits per heavy atom. The fourth-order valence-corrected chi connectivity index (χ4v) is 2.08. The molecule has 21 heavy (non-hydrogen) atoms. The highest BCUT2D eigenvalue weighted by atomic mass is 35.5. The number of amides is 1. The van der Waals surface area contributed by atoms with E-state index in [1.54, 1.807) is 6.07 Å². The SMILES string of the molecule is O=C(CCl)Nc1nnc(COc2cccc([N+](=O)[O-])c2)s1. The van der Waals surface area contributed by atoms with E-state index in [4.69, 9.17) is 16.3 Å². The highest BCUT2D eigenvalue weighted by molar-refractivity contribution is 7.15. The molecule has 8 nitrogen and oxygen atoms in total. The number of carbonyl (C=O) groups is 1. The fraction of sp³-hybridized carbons (Fsp3) is 0.182. The first kappa shape index (κ1) is 15.1. The number of aromatic nitrogens is 2. The second-order valence-electron chi connectivity index (χ2n) is 3.73. The number of rotatable bonds is 6. The number of anilines is 1. The van der Waals surface area contributed by atoms with Gasteiger partial charge in [-0.2, -0.15) is 0 Å². The van der Waals surface area contributed by atoms with Crippen LogP contribution in [-0.4, -0.2) is 26.9 Å². The van der Waals surface area contributed by atoms with Crippen LogP contribution in [0.25, 0.3) is 0 Å². The molecule has 0 unspecified atom stereocenters. The normalized spacial score (nSPS) is 10.1. The third kappa shape index (κ3) is 4.36. The lowest BCUT2D eigenvalue weighted by atomic mass is 10.3. The van der Waals surface area contributed by atoms with Gasteiger partial charge in [-0.05, 0) is 6.07 Å². The largest absolute Gasteiger partial charge is 0.486 e. The zero-order valence-electron chi connectivity index (χ0n) is 10.5. The molecule has 0 aliphatic rings. The number of benzene rings is 1. The van der Waals surface area contributed by atoms with Crippen LogP contribution in [0.15, 0.2) is 24.3 Å². The van der Waals surface area contributed by atoms with E-state index in [9.17, 15) is 14.9 Å². The summed E-state index contributed by atoms with van der Waals surface area (Å²) in [5.41, 5.74) is -0.0557. The quantitative estimate of drug-likeness (QED) is 0.495. The van der Waals surface area contributed by atoms with Crippen molar-refractivity contribution in [3.05, 3.63) is 39.4 Å². The third-order valence-corrected chi connectivity index (χ3v) is 3.28. The lowest BCUT2D eigenvalue weighted by Crippen LogP contribution is -2.12. The van der Waals surface area contributed by atoms with Crippen LogP contribution < -0.4 is 10.1 Å². The van der Waals surface area contributed by atoms with Crippen LogP contribution in [-0.2, 0) is 11.4 Å². The minimum atomic E-state index is -0.502. The molecule has 0 radical (unpaired) electrons. The van der Waals surface area contributed by atoms with Crippen molar-refractivity contribution in [2.45, 2.75) is 6.61 Å². The van der Waals surface area contributed by atoms with Gasteiger partial charge in [0.1, 0.15) is 18.2 Å². The summed E-state index contributed by atoms with van der Waals surface area (Å²) >= 11 is 6.49. The maximum absolute atomic E-state index is 11.1. The van der Waals surface area contributed by atoms with Gasteiger partial charge < -0.3 is 4.74 Å². The molecule has 0 saturated heterocycles. The van der Waals surface area contributed by atoms with Crippen LogP contribution in [0.1, 0.15) is 5.01 Å². The van der Waals surface area contributed by atoms with Gasteiger partial charge in [0.15, 0.2) is 5.01 Å². The zero-order chi connectivity index (χ0) is 15.2. The van der Waals surface area contributed by atoms with Crippen molar-refractivity contribution in [1.29, 1.82) is 0 Å². The molecule has 1 N–H and O–H groups in total. The van der Waals surface area contributed by atoms with Gasteiger partial charge >= 0.3 is 0 Å². The van der Waals surface area contributed by atoms with Crippen LogP contribution in [0.2, 0.25) is 0 Å². The van der Waals surface area contributed by atoms with Crippen molar-refractivity contribution in [2.24, 2.45) is 0 Å². The Labute approximate surface area is 127 Å². The molecule has 10 heteroatoms. The molecule has 1 heterocycles. The van der Waals surface area contributed by atoms with Crippen molar-refractivity contribution in [1.82, 2.24) is 10.2 Å². The molecule has 2 aromatic rings. The molecule has 0 saturated carbocycles. The smallest absolute Gasteiger partial charge is 0.273 e. The minimum absolute atomic E-state index is 0.0557. The molecular formula is C11H9ClN4O4S. The molecular weight excluding hydrogens is 320 g/mol. The van der Waals surface area contributed by atoms with E-state index in [1.807, 2.05) is 0 Å². The summed E-state index contributed by atoms with van der Waals surface area (Å²) < 4.78 is 5.39. The summed E-state index contributed by atoms with van der Waals surface area (Å²) in [6.45, 7) is 0.0928. The van der Waals surface area contributed by atoms with Crippen molar-refractivity contribution in [3.8, 4) is 5.75 Å². The molecule has 2 rings (SSSR count). The fourth-order valence-electron chi connectivity index (χ4n) is 1.35.